The smallest absolute Gasteiger partial charge is 0.0361 e. The van der Waals surface area contributed by atoms with Crippen LogP contribution >= 0.6 is 0 Å². The van der Waals surface area contributed by atoms with Crippen molar-refractivity contribution < 1.29 is 0 Å². The lowest BCUT2D eigenvalue weighted by atomic mass is 10.0. The van der Waals surface area contributed by atoms with E-state index in [1.54, 1.807) is 0 Å². The quantitative estimate of drug-likeness (QED) is 0.775. The van der Waals surface area contributed by atoms with Crippen LogP contribution in [0.2, 0.25) is 0 Å². The highest BCUT2D eigenvalue weighted by Gasteiger charge is 2.15. The Bertz CT molecular complexity index is 316. The lowest BCUT2D eigenvalue weighted by Crippen LogP contribution is -2.28. The summed E-state index contributed by atoms with van der Waals surface area (Å²) in [6.07, 6.45) is 9.03. The van der Waals surface area contributed by atoms with E-state index in [0.717, 1.165) is 18.5 Å². The van der Waals surface area contributed by atoms with Gasteiger partial charge in [-0.25, -0.2) is 0 Å². The van der Waals surface area contributed by atoms with Gasteiger partial charge in [0.1, 0.15) is 0 Å². The number of hydrogen-bond donors (Lipinski definition) is 1. The van der Waals surface area contributed by atoms with E-state index in [0.29, 0.717) is 0 Å². The Hall–Kier alpha value is -0.760. The first-order valence-corrected chi connectivity index (χ1v) is 6.59. The van der Waals surface area contributed by atoms with Crippen LogP contribution in [0.4, 0.5) is 0 Å². The van der Waals surface area contributed by atoms with Crippen LogP contribution in [-0.4, -0.2) is 10.6 Å². The third kappa shape index (κ3) is 3.11. The highest BCUT2D eigenvalue weighted by Crippen LogP contribution is 2.22. The summed E-state index contributed by atoms with van der Waals surface area (Å²) in [5, 5.41) is 3.70. The summed E-state index contributed by atoms with van der Waals surface area (Å²) in [7, 11) is 2.12. The van der Waals surface area contributed by atoms with E-state index >= 15 is 0 Å². The summed E-state index contributed by atoms with van der Waals surface area (Å²) in [5.74, 6) is 0.932. The molecule has 2 rings (SSSR count). The Morgan fingerprint density at radius 3 is 2.94 bits per heavy atom. The van der Waals surface area contributed by atoms with Crippen molar-refractivity contribution in [3.8, 4) is 0 Å². The normalized spacial score (nSPS) is 26.6. The highest BCUT2D eigenvalue weighted by molar-refractivity contribution is 5.06. The molecule has 2 unspecified atom stereocenters. The zero-order chi connectivity index (χ0) is 11.4. The third-order valence-corrected chi connectivity index (χ3v) is 3.88. The predicted octanol–water partition coefficient (Wildman–Crippen LogP) is 3.08. The molecule has 1 aliphatic carbocycles. The van der Waals surface area contributed by atoms with Gasteiger partial charge < -0.3 is 9.88 Å². The Kier molecular flexibility index (Phi) is 4.05. The van der Waals surface area contributed by atoms with Crippen LogP contribution in [0.25, 0.3) is 0 Å². The molecule has 1 heterocycles. The van der Waals surface area contributed by atoms with Crippen molar-refractivity contribution in [2.24, 2.45) is 13.0 Å². The molecule has 1 fully saturated rings. The van der Waals surface area contributed by atoms with E-state index in [1.807, 2.05) is 0 Å². The molecule has 16 heavy (non-hydrogen) atoms. The fourth-order valence-corrected chi connectivity index (χ4v) is 2.62. The lowest BCUT2D eigenvalue weighted by molar-refractivity contribution is 0.442. The number of aryl methyl sites for hydroxylation is 1. The zero-order valence-corrected chi connectivity index (χ0v) is 10.6. The topological polar surface area (TPSA) is 17.0 Å². The number of nitrogens with one attached hydrogen (secondary N) is 1. The van der Waals surface area contributed by atoms with Crippen LogP contribution < -0.4 is 5.32 Å². The van der Waals surface area contributed by atoms with Gasteiger partial charge in [0.25, 0.3) is 0 Å². The maximum atomic E-state index is 3.70. The number of rotatable bonds is 3. The van der Waals surface area contributed by atoms with Gasteiger partial charge in [-0.2, -0.15) is 0 Å². The van der Waals surface area contributed by atoms with Crippen LogP contribution in [0.3, 0.4) is 0 Å². The summed E-state index contributed by atoms with van der Waals surface area (Å²) in [5.41, 5.74) is 1.39. The molecule has 1 N–H and O–H groups in total. The molecule has 0 saturated heterocycles. The van der Waals surface area contributed by atoms with Crippen LogP contribution in [0, 0.1) is 5.92 Å². The Labute approximate surface area is 99.0 Å². The Balaban J connectivity index is 1.79. The minimum absolute atomic E-state index is 0.736. The molecule has 0 spiro atoms. The van der Waals surface area contributed by atoms with E-state index in [1.165, 1.54) is 37.8 Å². The summed E-state index contributed by atoms with van der Waals surface area (Å²) >= 11 is 0. The molecular weight excluding hydrogens is 196 g/mol. The molecule has 0 aromatic carbocycles. The predicted molar refractivity (Wildman–Crippen MR) is 68.3 cm³/mol. The maximum absolute atomic E-state index is 3.70. The molecule has 2 atom stereocenters. The summed E-state index contributed by atoms with van der Waals surface area (Å²) in [4.78, 5) is 0. The van der Waals surface area contributed by atoms with E-state index in [4.69, 9.17) is 0 Å². The molecule has 0 aliphatic heterocycles. The molecule has 90 valence electrons. The lowest BCUT2D eigenvalue weighted by Gasteiger charge is -2.16. The first-order chi connectivity index (χ1) is 7.75. The Morgan fingerprint density at radius 2 is 2.19 bits per heavy atom. The fraction of sp³-hybridized carbons (Fsp3) is 0.714. The molecule has 1 saturated carbocycles. The van der Waals surface area contributed by atoms with Crippen molar-refractivity contribution in [3.63, 3.8) is 0 Å². The van der Waals surface area contributed by atoms with Crippen LogP contribution in [0.1, 0.15) is 44.7 Å². The zero-order valence-electron chi connectivity index (χ0n) is 10.6. The minimum Gasteiger partial charge on any atom is -0.353 e. The third-order valence-electron chi connectivity index (χ3n) is 3.88. The second-order valence-corrected chi connectivity index (χ2v) is 5.30. The standard InChI is InChI=1S/C14H24N2/c1-12-5-3-6-13(9-8-12)15-11-14-7-4-10-16(14)2/h4,7,10,12-13,15H,3,5-6,8-9,11H2,1-2H3. The first-order valence-electron chi connectivity index (χ1n) is 6.59. The van der Waals surface area contributed by atoms with Gasteiger partial charge >= 0.3 is 0 Å². The second-order valence-electron chi connectivity index (χ2n) is 5.30. The molecule has 1 aromatic heterocycles. The number of hydrogen-bond acceptors (Lipinski definition) is 1. The van der Waals surface area contributed by atoms with Gasteiger partial charge in [-0.1, -0.05) is 19.8 Å². The highest BCUT2D eigenvalue weighted by atomic mass is 15.0. The molecule has 0 radical (unpaired) electrons. The first kappa shape index (κ1) is 11.7. The summed E-state index contributed by atoms with van der Waals surface area (Å²) < 4.78 is 2.20. The number of nitrogens with zero attached hydrogens (tertiary/aromatic N) is 1. The van der Waals surface area contributed by atoms with Crippen molar-refractivity contribution in [1.82, 2.24) is 9.88 Å². The van der Waals surface area contributed by atoms with E-state index in [-0.39, 0.29) is 0 Å². The average Bonchev–Trinajstić information content (AvgIpc) is 2.55. The molecule has 0 bridgehead atoms. The van der Waals surface area contributed by atoms with Gasteiger partial charge in [-0.3, -0.25) is 0 Å². The Morgan fingerprint density at radius 1 is 1.31 bits per heavy atom. The molecule has 0 amide bonds. The summed E-state index contributed by atoms with van der Waals surface area (Å²) in [6.45, 7) is 3.40. The minimum atomic E-state index is 0.736. The molecule has 2 nitrogen and oxygen atoms in total. The van der Waals surface area contributed by atoms with Gasteiger partial charge in [0.2, 0.25) is 0 Å². The van der Waals surface area contributed by atoms with E-state index in [2.05, 4.69) is 42.2 Å². The maximum Gasteiger partial charge on any atom is 0.0361 e. The fourth-order valence-electron chi connectivity index (χ4n) is 2.62. The van der Waals surface area contributed by atoms with Gasteiger partial charge in [-0.05, 0) is 37.3 Å². The van der Waals surface area contributed by atoms with Crippen LogP contribution in [-0.2, 0) is 13.6 Å². The van der Waals surface area contributed by atoms with Crippen molar-refractivity contribution in [3.05, 3.63) is 24.0 Å². The monoisotopic (exact) mass is 220 g/mol. The van der Waals surface area contributed by atoms with Gasteiger partial charge in [-0.15, -0.1) is 0 Å². The largest absolute Gasteiger partial charge is 0.353 e. The van der Waals surface area contributed by atoms with E-state index < -0.39 is 0 Å². The van der Waals surface area contributed by atoms with Gasteiger partial charge in [0.15, 0.2) is 0 Å². The van der Waals surface area contributed by atoms with Crippen molar-refractivity contribution in [2.45, 2.75) is 51.6 Å². The SMILES string of the molecule is CC1CCCC(NCc2cccn2C)CC1. The van der Waals surface area contributed by atoms with Gasteiger partial charge in [0, 0.05) is 31.5 Å². The van der Waals surface area contributed by atoms with Gasteiger partial charge in [0.05, 0.1) is 0 Å². The average molecular weight is 220 g/mol. The summed E-state index contributed by atoms with van der Waals surface area (Å²) in [6, 6.07) is 5.05. The number of aromatic nitrogens is 1. The van der Waals surface area contributed by atoms with E-state index in [9.17, 15) is 0 Å². The second kappa shape index (κ2) is 5.53. The van der Waals surface area contributed by atoms with Crippen LogP contribution in [0.5, 0.6) is 0 Å². The molecule has 1 aliphatic rings. The molecule has 2 heteroatoms. The van der Waals surface area contributed by atoms with Crippen molar-refractivity contribution >= 4 is 0 Å². The van der Waals surface area contributed by atoms with Crippen LogP contribution in [0.15, 0.2) is 18.3 Å². The molecule has 1 aromatic rings. The van der Waals surface area contributed by atoms with Crippen molar-refractivity contribution in [1.29, 1.82) is 0 Å². The van der Waals surface area contributed by atoms with Crippen molar-refractivity contribution in [2.75, 3.05) is 0 Å². The molecular formula is C14H24N2.